The number of hydrogen-bond donors (Lipinski definition) is 1. The molecular weight excluding hydrogens is 362 g/mol. The number of hydrogen-bond acceptors (Lipinski definition) is 6. The van der Waals surface area contributed by atoms with Crippen LogP contribution in [0.1, 0.15) is 32.6 Å². The first-order valence-electron chi connectivity index (χ1n) is 10.5. The molecule has 0 bridgehead atoms. The van der Waals surface area contributed by atoms with E-state index < -0.39 is 0 Å². The summed E-state index contributed by atoms with van der Waals surface area (Å²) in [6.45, 7) is 7.35. The average molecular weight is 398 g/mol. The number of fused-ring (bicyclic) bond motifs is 1. The number of amides is 1. The molecule has 0 spiro atoms. The Kier molecular flexibility index (Phi) is 12.0. The molecule has 2 rings (SSSR count). The molecule has 7 nitrogen and oxygen atoms in total. The van der Waals surface area contributed by atoms with Crippen molar-refractivity contribution in [2.24, 2.45) is 17.8 Å². The van der Waals surface area contributed by atoms with E-state index in [4.69, 9.17) is 23.7 Å². The van der Waals surface area contributed by atoms with Crippen molar-refractivity contribution < 1.29 is 28.5 Å². The molecule has 1 saturated carbocycles. The fourth-order valence-corrected chi connectivity index (χ4v) is 3.53. The Labute approximate surface area is 168 Å². The maximum atomic E-state index is 11.8. The van der Waals surface area contributed by atoms with Gasteiger partial charge in [0.05, 0.1) is 52.9 Å². The van der Waals surface area contributed by atoms with Gasteiger partial charge in [-0.15, -0.1) is 11.8 Å². The summed E-state index contributed by atoms with van der Waals surface area (Å²) in [6.07, 6.45) is 3.88. The molecule has 1 unspecified atom stereocenters. The zero-order valence-corrected chi connectivity index (χ0v) is 17.1. The van der Waals surface area contributed by atoms with Gasteiger partial charge < -0.3 is 29.0 Å². The van der Waals surface area contributed by atoms with Crippen molar-refractivity contribution in [2.45, 2.75) is 32.6 Å². The summed E-state index contributed by atoms with van der Waals surface area (Å²) in [5.41, 5.74) is 0. The molecule has 3 atom stereocenters. The van der Waals surface area contributed by atoms with E-state index in [1.54, 1.807) is 0 Å². The van der Waals surface area contributed by atoms with E-state index in [2.05, 4.69) is 17.2 Å². The molecule has 0 radical (unpaired) electrons. The summed E-state index contributed by atoms with van der Waals surface area (Å²) in [4.78, 5) is 11.8. The predicted molar refractivity (Wildman–Crippen MR) is 105 cm³/mol. The summed E-state index contributed by atoms with van der Waals surface area (Å²) in [5.74, 6) is 8.30. The summed E-state index contributed by atoms with van der Waals surface area (Å²) in [7, 11) is 0. The topological polar surface area (TPSA) is 75.3 Å². The van der Waals surface area contributed by atoms with Crippen LogP contribution in [0, 0.1) is 29.6 Å². The van der Waals surface area contributed by atoms with Crippen molar-refractivity contribution in [3.63, 3.8) is 0 Å². The molecule has 1 N–H and O–H groups in total. The Morgan fingerprint density at radius 1 is 0.857 bits per heavy atom. The third kappa shape index (κ3) is 9.74. The van der Waals surface area contributed by atoms with Gasteiger partial charge in [0.25, 0.3) is 0 Å². The zero-order valence-electron chi connectivity index (χ0n) is 17.1. The van der Waals surface area contributed by atoms with E-state index in [-0.39, 0.29) is 6.09 Å². The van der Waals surface area contributed by atoms with Gasteiger partial charge in [-0.3, -0.25) is 0 Å². The first kappa shape index (κ1) is 23.0. The van der Waals surface area contributed by atoms with Crippen LogP contribution in [0.3, 0.4) is 0 Å². The Morgan fingerprint density at radius 3 is 1.96 bits per heavy atom. The number of nitrogens with one attached hydrogen (secondary N) is 1. The van der Waals surface area contributed by atoms with Crippen LogP contribution >= 0.6 is 0 Å². The van der Waals surface area contributed by atoms with Gasteiger partial charge in [0.15, 0.2) is 0 Å². The molecule has 1 fully saturated rings. The smallest absolute Gasteiger partial charge is 0.407 e. The molecule has 7 heteroatoms. The minimum absolute atomic E-state index is 0.362. The van der Waals surface area contributed by atoms with Crippen molar-refractivity contribution in [1.82, 2.24) is 5.32 Å². The number of ether oxygens (including phenoxy) is 5. The fourth-order valence-electron chi connectivity index (χ4n) is 3.53. The number of alkyl carbamates (subject to hydrolysis) is 1. The second kappa shape index (κ2) is 14.6. The Hall–Kier alpha value is -1.33. The molecule has 1 amide bonds. The molecule has 160 valence electrons. The third-order valence-electron chi connectivity index (χ3n) is 5.08. The van der Waals surface area contributed by atoms with Gasteiger partial charge in [0, 0.05) is 26.0 Å². The lowest BCUT2D eigenvalue weighted by Crippen LogP contribution is -2.29. The normalized spacial score (nSPS) is 23.0. The van der Waals surface area contributed by atoms with Crippen LogP contribution < -0.4 is 5.32 Å². The second-order valence-electron chi connectivity index (χ2n) is 6.98. The van der Waals surface area contributed by atoms with Crippen LogP contribution in [0.5, 0.6) is 0 Å². The van der Waals surface area contributed by atoms with Gasteiger partial charge >= 0.3 is 6.09 Å². The summed E-state index contributed by atoms with van der Waals surface area (Å²) >= 11 is 0. The van der Waals surface area contributed by atoms with E-state index in [0.29, 0.717) is 83.8 Å². The molecule has 0 aromatic carbocycles. The zero-order chi connectivity index (χ0) is 19.9. The Balaban J connectivity index is 1.32. The Bertz CT molecular complexity index is 471. The van der Waals surface area contributed by atoms with Crippen LogP contribution in [0.15, 0.2) is 0 Å². The standard InChI is InChI=1S/C21H35NO6/c1-2-24-11-12-26-15-16-27-14-13-25-10-9-22-21(23)28-17-20-18-7-5-3-4-6-8-19(18)20/h18-20H,2,5-17H2,1H3,(H,22,23)/t18-,19+,20?. The highest BCUT2D eigenvalue weighted by molar-refractivity contribution is 5.67. The maximum Gasteiger partial charge on any atom is 0.407 e. The average Bonchev–Trinajstić information content (AvgIpc) is 3.33. The number of carbonyl (C=O) groups is 1. The van der Waals surface area contributed by atoms with Crippen molar-refractivity contribution in [3.05, 3.63) is 0 Å². The van der Waals surface area contributed by atoms with Crippen molar-refractivity contribution >= 4 is 6.09 Å². The number of rotatable bonds is 15. The van der Waals surface area contributed by atoms with E-state index >= 15 is 0 Å². The lowest BCUT2D eigenvalue weighted by molar-refractivity contribution is -0.000125. The van der Waals surface area contributed by atoms with Crippen LogP contribution in [-0.4, -0.2) is 72.1 Å². The van der Waals surface area contributed by atoms with E-state index in [1.807, 2.05) is 6.92 Å². The van der Waals surface area contributed by atoms with Crippen LogP contribution in [0.25, 0.3) is 0 Å². The minimum atomic E-state index is -0.362. The predicted octanol–water partition coefficient (Wildman–Crippen LogP) is 2.24. The van der Waals surface area contributed by atoms with Crippen LogP contribution in [-0.2, 0) is 23.7 Å². The molecule has 2 aliphatic rings. The molecule has 2 aliphatic carbocycles. The highest BCUT2D eigenvalue weighted by Gasteiger charge is 2.49. The van der Waals surface area contributed by atoms with E-state index in [0.717, 1.165) is 25.7 Å². The quantitative estimate of drug-likeness (QED) is 0.337. The van der Waals surface area contributed by atoms with Gasteiger partial charge in [-0.2, -0.15) is 0 Å². The second-order valence-corrected chi connectivity index (χ2v) is 6.98. The molecule has 0 aromatic rings. The van der Waals surface area contributed by atoms with E-state index in [9.17, 15) is 4.79 Å². The van der Waals surface area contributed by atoms with E-state index in [1.165, 1.54) is 0 Å². The highest BCUT2D eigenvalue weighted by Crippen LogP contribution is 2.52. The largest absolute Gasteiger partial charge is 0.449 e. The molecule has 0 saturated heterocycles. The summed E-state index contributed by atoms with van der Waals surface area (Å²) in [6, 6.07) is 0. The monoisotopic (exact) mass is 397 g/mol. The summed E-state index contributed by atoms with van der Waals surface area (Å²) in [5, 5.41) is 2.72. The molecule has 0 aromatic heterocycles. The van der Waals surface area contributed by atoms with Crippen LogP contribution in [0.4, 0.5) is 4.79 Å². The molecule has 0 aliphatic heterocycles. The lowest BCUT2D eigenvalue weighted by Gasteiger charge is -2.08. The fraction of sp³-hybridized carbons (Fsp3) is 0.857. The molecular formula is C21H35NO6. The van der Waals surface area contributed by atoms with Gasteiger partial charge in [-0.05, 0) is 37.5 Å². The first-order chi connectivity index (χ1) is 13.8. The Morgan fingerprint density at radius 2 is 1.39 bits per heavy atom. The molecule has 28 heavy (non-hydrogen) atoms. The highest BCUT2D eigenvalue weighted by atomic mass is 16.6. The molecule has 0 heterocycles. The van der Waals surface area contributed by atoms with Crippen molar-refractivity contribution in [3.8, 4) is 11.8 Å². The van der Waals surface area contributed by atoms with Gasteiger partial charge in [0.2, 0.25) is 0 Å². The van der Waals surface area contributed by atoms with Crippen molar-refractivity contribution in [1.29, 1.82) is 0 Å². The maximum absolute atomic E-state index is 11.8. The first-order valence-corrected chi connectivity index (χ1v) is 10.5. The van der Waals surface area contributed by atoms with Crippen molar-refractivity contribution in [2.75, 3.05) is 66.0 Å². The SMILES string of the molecule is CCOCCOCCOCCOCCNC(=O)OCC1[C@H]2CCC#CCC[C@@H]12. The number of carbonyl (C=O) groups excluding carboxylic acids is 1. The van der Waals surface area contributed by atoms with Crippen LogP contribution in [0.2, 0.25) is 0 Å². The third-order valence-corrected chi connectivity index (χ3v) is 5.08. The van der Waals surface area contributed by atoms with Gasteiger partial charge in [0.1, 0.15) is 0 Å². The van der Waals surface area contributed by atoms with Gasteiger partial charge in [-0.25, -0.2) is 4.79 Å². The lowest BCUT2D eigenvalue weighted by atomic mass is 10.1. The minimum Gasteiger partial charge on any atom is -0.449 e. The van der Waals surface area contributed by atoms with Gasteiger partial charge in [-0.1, -0.05) is 0 Å². The summed E-state index contributed by atoms with van der Waals surface area (Å²) < 4.78 is 26.7.